The van der Waals surface area contributed by atoms with Crippen molar-refractivity contribution in [2.24, 2.45) is 0 Å². The van der Waals surface area contributed by atoms with Crippen LogP contribution in [0.5, 0.6) is 5.75 Å². The second-order valence-corrected chi connectivity index (χ2v) is 5.87. The van der Waals surface area contributed by atoms with Crippen LogP contribution in [-0.4, -0.2) is 47.1 Å². The Kier molecular flexibility index (Phi) is 5.10. The summed E-state index contributed by atoms with van der Waals surface area (Å²) in [5.74, 6) is 1.14. The highest BCUT2D eigenvalue weighted by molar-refractivity contribution is 6.29. The first-order valence-electron chi connectivity index (χ1n) is 7.73. The van der Waals surface area contributed by atoms with Crippen molar-refractivity contribution in [3.05, 3.63) is 41.6 Å². The summed E-state index contributed by atoms with van der Waals surface area (Å²) >= 11 is 5.91. The molecule has 1 atom stereocenters. The minimum Gasteiger partial charge on any atom is -0.488 e. The second-order valence-electron chi connectivity index (χ2n) is 5.48. The van der Waals surface area contributed by atoms with Crippen LogP contribution in [0.1, 0.15) is 23.3 Å². The molecule has 1 N–H and O–H groups in total. The maximum absolute atomic E-state index is 11.7. The third-order valence-electron chi connectivity index (χ3n) is 3.79. The van der Waals surface area contributed by atoms with E-state index in [-0.39, 0.29) is 12.0 Å². The summed E-state index contributed by atoms with van der Waals surface area (Å²) in [5.41, 5.74) is 0.336. The van der Waals surface area contributed by atoms with E-state index in [9.17, 15) is 4.79 Å². The number of rotatable bonds is 4. The number of hydrogen-bond donors (Lipinski definition) is 1. The molecule has 1 aliphatic rings. The van der Waals surface area contributed by atoms with E-state index in [0.717, 1.165) is 25.2 Å². The minimum absolute atomic E-state index is 0.000491. The number of hydrogen-bond acceptors (Lipinski definition) is 6. The van der Waals surface area contributed by atoms with Gasteiger partial charge in [-0.25, -0.2) is 4.98 Å². The van der Waals surface area contributed by atoms with Crippen molar-refractivity contribution >= 4 is 23.3 Å². The average Bonchev–Trinajstić information content (AvgIpc) is 2.61. The highest BCUT2D eigenvalue weighted by Crippen LogP contribution is 2.22. The molecule has 3 heterocycles. The van der Waals surface area contributed by atoms with Gasteiger partial charge >= 0.3 is 0 Å². The fraction of sp³-hybridized carbons (Fsp3) is 0.375. The molecule has 1 fully saturated rings. The van der Waals surface area contributed by atoms with E-state index >= 15 is 0 Å². The number of pyridine rings is 1. The number of carbonyl (C=O) groups is 1. The van der Waals surface area contributed by atoms with Crippen LogP contribution in [0.3, 0.4) is 0 Å². The molecule has 0 bridgehead atoms. The summed E-state index contributed by atoms with van der Waals surface area (Å²) in [5, 5.41) is 2.93. The number of carbonyl (C=O) groups excluding carboxylic acids is 1. The highest BCUT2D eigenvalue weighted by Gasteiger charge is 2.23. The number of halogens is 1. The van der Waals surface area contributed by atoms with Crippen LogP contribution in [0.2, 0.25) is 5.15 Å². The Morgan fingerprint density at radius 1 is 1.46 bits per heavy atom. The predicted molar refractivity (Wildman–Crippen MR) is 90.5 cm³/mol. The van der Waals surface area contributed by atoms with Crippen molar-refractivity contribution < 1.29 is 9.53 Å². The smallest absolute Gasteiger partial charge is 0.269 e. The van der Waals surface area contributed by atoms with Crippen LogP contribution >= 0.6 is 11.6 Å². The fourth-order valence-electron chi connectivity index (χ4n) is 2.66. The SMILES string of the molecule is CNC(=O)c1cc(OC2CCCN(c3cncc(Cl)n3)C2)ccn1. The van der Waals surface area contributed by atoms with E-state index in [1.165, 1.54) is 6.20 Å². The number of ether oxygens (including phenoxy) is 1. The number of nitrogens with zero attached hydrogens (tertiary/aromatic N) is 4. The standard InChI is InChI=1S/C16H18ClN5O2/c1-18-16(23)13-7-11(4-5-20-13)24-12-3-2-6-22(10-12)15-9-19-8-14(17)21-15/h4-5,7-9,12H,2-3,6,10H2,1H3,(H,18,23). The first-order chi connectivity index (χ1) is 11.7. The van der Waals surface area contributed by atoms with E-state index in [0.29, 0.717) is 23.1 Å². The zero-order chi connectivity index (χ0) is 16.9. The summed E-state index contributed by atoms with van der Waals surface area (Å²) in [6.07, 6.45) is 6.70. The Hall–Kier alpha value is -2.41. The van der Waals surface area contributed by atoms with Gasteiger partial charge in [-0.05, 0) is 18.9 Å². The highest BCUT2D eigenvalue weighted by atomic mass is 35.5. The molecule has 1 unspecified atom stereocenters. The first-order valence-corrected chi connectivity index (χ1v) is 8.11. The molecule has 1 aliphatic heterocycles. The van der Waals surface area contributed by atoms with E-state index in [4.69, 9.17) is 16.3 Å². The third-order valence-corrected chi connectivity index (χ3v) is 3.97. The minimum atomic E-state index is -0.236. The summed E-state index contributed by atoms with van der Waals surface area (Å²) in [6.45, 7) is 1.57. The number of nitrogens with one attached hydrogen (secondary N) is 1. The number of piperidine rings is 1. The van der Waals surface area contributed by atoms with E-state index in [2.05, 4.69) is 25.2 Å². The normalized spacial score (nSPS) is 17.4. The Morgan fingerprint density at radius 3 is 3.12 bits per heavy atom. The predicted octanol–water partition coefficient (Wildman–Crippen LogP) is 1.93. The van der Waals surface area contributed by atoms with Gasteiger partial charge in [-0.3, -0.25) is 14.8 Å². The maximum atomic E-state index is 11.7. The summed E-state index contributed by atoms with van der Waals surface area (Å²) in [4.78, 5) is 26.2. The van der Waals surface area contributed by atoms with Crippen LogP contribution in [0.25, 0.3) is 0 Å². The van der Waals surface area contributed by atoms with Gasteiger partial charge in [0.25, 0.3) is 5.91 Å². The van der Waals surface area contributed by atoms with Gasteiger partial charge in [-0.2, -0.15) is 0 Å². The molecule has 2 aromatic rings. The monoisotopic (exact) mass is 347 g/mol. The molecular weight excluding hydrogens is 330 g/mol. The van der Waals surface area contributed by atoms with Gasteiger partial charge in [-0.1, -0.05) is 11.6 Å². The molecule has 8 heteroatoms. The Bertz CT molecular complexity index is 727. The lowest BCUT2D eigenvalue weighted by molar-refractivity contribution is 0.0957. The Labute approximate surface area is 145 Å². The lowest BCUT2D eigenvalue weighted by atomic mass is 10.1. The lowest BCUT2D eigenvalue weighted by Gasteiger charge is -2.33. The quantitative estimate of drug-likeness (QED) is 0.910. The average molecular weight is 348 g/mol. The number of aromatic nitrogens is 3. The van der Waals surface area contributed by atoms with Gasteiger partial charge in [0.05, 0.1) is 18.9 Å². The molecule has 1 amide bonds. The van der Waals surface area contributed by atoms with Crippen LogP contribution in [0, 0.1) is 0 Å². The van der Waals surface area contributed by atoms with Crippen LogP contribution < -0.4 is 15.0 Å². The largest absolute Gasteiger partial charge is 0.488 e. The first kappa shape index (κ1) is 16.4. The zero-order valence-corrected chi connectivity index (χ0v) is 14.0. The van der Waals surface area contributed by atoms with Crippen LogP contribution in [0.4, 0.5) is 5.82 Å². The van der Waals surface area contributed by atoms with Crippen molar-refractivity contribution in [3.63, 3.8) is 0 Å². The van der Waals surface area contributed by atoms with Gasteiger partial charge in [0.2, 0.25) is 0 Å². The Balaban J connectivity index is 1.68. The number of anilines is 1. The van der Waals surface area contributed by atoms with E-state index < -0.39 is 0 Å². The third kappa shape index (κ3) is 3.91. The van der Waals surface area contributed by atoms with Gasteiger partial charge in [0, 0.05) is 25.9 Å². The second kappa shape index (κ2) is 7.44. The molecule has 24 heavy (non-hydrogen) atoms. The molecular formula is C16H18ClN5O2. The van der Waals surface area contributed by atoms with E-state index in [1.807, 2.05) is 0 Å². The molecule has 0 aliphatic carbocycles. The van der Waals surface area contributed by atoms with E-state index in [1.54, 1.807) is 31.6 Å². The summed E-state index contributed by atoms with van der Waals surface area (Å²) in [7, 11) is 1.57. The molecule has 0 saturated carbocycles. The van der Waals surface area contributed by atoms with Gasteiger partial charge in [0.1, 0.15) is 28.5 Å². The molecule has 0 radical (unpaired) electrons. The summed E-state index contributed by atoms with van der Waals surface area (Å²) in [6, 6.07) is 3.40. The zero-order valence-electron chi connectivity index (χ0n) is 13.3. The van der Waals surface area contributed by atoms with Crippen LogP contribution in [0.15, 0.2) is 30.7 Å². The maximum Gasteiger partial charge on any atom is 0.269 e. The van der Waals surface area contributed by atoms with Crippen LogP contribution in [-0.2, 0) is 0 Å². The molecule has 0 spiro atoms. The van der Waals surface area contributed by atoms with Gasteiger partial charge in [-0.15, -0.1) is 0 Å². The molecule has 7 nitrogen and oxygen atoms in total. The molecule has 3 rings (SSSR count). The van der Waals surface area contributed by atoms with Crippen molar-refractivity contribution in [3.8, 4) is 5.75 Å². The van der Waals surface area contributed by atoms with Crippen molar-refractivity contribution in [2.75, 3.05) is 25.0 Å². The summed E-state index contributed by atoms with van der Waals surface area (Å²) < 4.78 is 6.03. The molecule has 126 valence electrons. The molecule has 0 aromatic carbocycles. The Morgan fingerprint density at radius 2 is 2.33 bits per heavy atom. The van der Waals surface area contributed by atoms with Gasteiger partial charge < -0.3 is 15.0 Å². The molecule has 2 aromatic heterocycles. The van der Waals surface area contributed by atoms with Crippen molar-refractivity contribution in [1.29, 1.82) is 0 Å². The van der Waals surface area contributed by atoms with Crippen molar-refractivity contribution in [1.82, 2.24) is 20.3 Å². The van der Waals surface area contributed by atoms with Crippen molar-refractivity contribution in [2.45, 2.75) is 18.9 Å². The lowest BCUT2D eigenvalue weighted by Crippen LogP contribution is -2.41. The number of amides is 1. The van der Waals surface area contributed by atoms with Gasteiger partial charge in [0.15, 0.2) is 0 Å². The topological polar surface area (TPSA) is 80.2 Å². The molecule has 1 saturated heterocycles. The fourth-order valence-corrected chi connectivity index (χ4v) is 2.80.